The lowest BCUT2D eigenvalue weighted by Gasteiger charge is -2.07. The fourth-order valence-electron chi connectivity index (χ4n) is 1.49. The van der Waals surface area contributed by atoms with Gasteiger partial charge < -0.3 is 5.32 Å². The van der Waals surface area contributed by atoms with Gasteiger partial charge in [0.15, 0.2) is 5.16 Å². The fraction of sp³-hybridized carbons (Fsp3) is 0.167. The summed E-state index contributed by atoms with van der Waals surface area (Å²) in [4.78, 5) is 23.7. The predicted octanol–water partition coefficient (Wildman–Crippen LogP) is 1.97. The number of amides is 1. The number of rotatable bonds is 6. The minimum absolute atomic E-state index is 0.0826. The van der Waals surface area contributed by atoms with E-state index in [-0.39, 0.29) is 23.0 Å². The van der Waals surface area contributed by atoms with Crippen molar-refractivity contribution in [3.05, 3.63) is 24.3 Å². The van der Waals surface area contributed by atoms with Crippen molar-refractivity contribution in [2.45, 2.75) is 23.4 Å². The second-order valence-electron chi connectivity index (χ2n) is 4.02. The summed E-state index contributed by atoms with van der Waals surface area (Å²) in [5.74, 6) is -0.296. The van der Waals surface area contributed by atoms with Crippen LogP contribution in [0.4, 0.5) is 17.6 Å². The number of carbonyl (C=O) groups excluding carboxylic acids is 1. The maximum atomic E-state index is 11.4. The number of hydrogen-bond acceptors (Lipinski definition) is 9. The standard InChI is InChI=1S/C12H14N6O3S/c1-2-9(19)13-7-4-3-5-8(6-7)22-12-15-10(17-20)14-11(16-12)18-21/h3-6,20-21H,2H2,1H3,(H,13,19)(H2,14,15,16,17,18). The summed E-state index contributed by atoms with van der Waals surface area (Å²) in [6, 6.07) is 7.13. The molecule has 1 amide bonds. The van der Waals surface area contributed by atoms with Gasteiger partial charge in [-0.3, -0.25) is 15.2 Å². The first-order valence-corrected chi connectivity index (χ1v) is 7.10. The molecule has 0 bridgehead atoms. The Labute approximate surface area is 130 Å². The van der Waals surface area contributed by atoms with Gasteiger partial charge in [0, 0.05) is 17.0 Å². The Kier molecular flexibility index (Phi) is 5.47. The molecule has 9 nitrogen and oxygen atoms in total. The van der Waals surface area contributed by atoms with E-state index in [1.807, 2.05) is 6.07 Å². The molecule has 0 radical (unpaired) electrons. The molecular formula is C12H14N6O3S. The van der Waals surface area contributed by atoms with E-state index in [1.165, 1.54) is 11.8 Å². The van der Waals surface area contributed by atoms with Crippen LogP contribution in [-0.2, 0) is 4.79 Å². The predicted molar refractivity (Wildman–Crippen MR) is 80.1 cm³/mol. The molecule has 10 heteroatoms. The molecule has 1 heterocycles. The number of benzene rings is 1. The Bertz CT molecular complexity index is 647. The van der Waals surface area contributed by atoms with Crippen LogP contribution in [0.5, 0.6) is 0 Å². The molecule has 0 aliphatic carbocycles. The highest BCUT2D eigenvalue weighted by atomic mass is 32.2. The van der Waals surface area contributed by atoms with Crippen LogP contribution in [-0.4, -0.2) is 31.3 Å². The van der Waals surface area contributed by atoms with Gasteiger partial charge in [0.1, 0.15) is 0 Å². The van der Waals surface area contributed by atoms with Crippen molar-refractivity contribution in [1.82, 2.24) is 15.0 Å². The fourth-order valence-corrected chi connectivity index (χ4v) is 2.30. The van der Waals surface area contributed by atoms with Gasteiger partial charge in [-0.1, -0.05) is 13.0 Å². The van der Waals surface area contributed by atoms with E-state index in [9.17, 15) is 4.79 Å². The van der Waals surface area contributed by atoms with E-state index >= 15 is 0 Å². The molecule has 0 saturated heterocycles. The summed E-state index contributed by atoms with van der Waals surface area (Å²) in [6.07, 6.45) is 0.391. The summed E-state index contributed by atoms with van der Waals surface area (Å²) in [7, 11) is 0. The maximum absolute atomic E-state index is 11.4. The lowest BCUT2D eigenvalue weighted by molar-refractivity contribution is -0.115. The van der Waals surface area contributed by atoms with Gasteiger partial charge in [0.05, 0.1) is 0 Å². The molecule has 0 aliphatic heterocycles. The summed E-state index contributed by atoms with van der Waals surface area (Å²) in [5, 5.41) is 20.7. The van der Waals surface area contributed by atoms with Crippen molar-refractivity contribution in [3.8, 4) is 0 Å². The highest BCUT2D eigenvalue weighted by molar-refractivity contribution is 7.99. The van der Waals surface area contributed by atoms with Gasteiger partial charge in [0.25, 0.3) is 11.9 Å². The van der Waals surface area contributed by atoms with Crippen molar-refractivity contribution >= 4 is 35.3 Å². The van der Waals surface area contributed by atoms with E-state index in [2.05, 4.69) is 20.3 Å². The van der Waals surface area contributed by atoms with E-state index in [0.29, 0.717) is 12.1 Å². The van der Waals surface area contributed by atoms with Crippen LogP contribution in [0.3, 0.4) is 0 Å². The summed E-state index contributed by atoms with van der Waals surface area (Å²) >= 11 is 1.18. The third-order valence-corrected chi connectivity index (χ3v) is 3.32. The highest BCUT2D eigenvalue weighted by Crippen LogP contribution is 2.27. The lowest BCUT2D eigenvalue weighted by atomic mass is 10.3. The first-order valence-electron chi connectivity index (χ1n) is 6.28. The third kappa shape index (κ3) is 4.28. The summed E-state index contributed by atoms with van der Waals surface area (Å²) < 4.78 is 0. The largest absolute Gasteiger partial charge is 0.326 e. The third-order valence-electron chi connectivity index (χ3n) is 2.46. The lowest BCUT2D eigenvalue weighted by Crippen LogP contribution is -2.09. The highest BCUT2D eigenvalue weighted by Gasteiger charge is 2.08. The molecule has 22 heavy (non-hydrogen) atoms. The Morgan fingerprint density at radius 2 is 1.86 bits per heavy atom. The van der Waals surface area contributed by atoms with Crippen LogP contribution in [0.25, 0.3) is 0 Å². The van der Waals surface area contributed by atoms with Crippen molar-refractivity contribution in [3.63, 3.8) is 0 Å². The molecule has 0 saturated carbocycles. The van der Waals surface area contributed by atoms with Gasteiger partial charge >= 0.3 is 0 Å². The molecule has 2 aromatic rings. The van der Waals surface area contributed by atoms with E-state index in [0.717, 1.165) is 4.90 Å². The van der Waals surface area contributed by atoms with E-state index in [4.69, 9.17) is 10.4 Å². The SMILES string of the molecule is CCC(=O)Nc1cccc(Sc2nc(NO)nc(NO)n2)c1. The second-order valence-corrected chi connectivity index (χ2v) is 5.06. The normalized spacial score (nSPS) is 10.1. The Hall–Kier alpha value is -2.43. The van der Waals surface area contributed by atoms with Gasteiger partial charge in [-0.25, -0.2) is 11.0 Å². The van der Waals surface area contributed by atoms with Crippen LogP contribution in [0.1, 0.15) is 13.3 Å². The van der Waals surface area contributed by atoms with Crippen LogP contribution < -0.4 is 16.3 Å². The molecule has 0 unspecified atom stereocenters. The maximum Gasteiger partial charge on any atom is 0.252 e. The van der Waals surface area contributed by atoms with Crippen LogP contribution in [0.15, 0.2) is 34.3 Å². The van der Waals surface area contributed by atoms with E-state index < -0.39 is 0 Å². The number of nitrogens with one attached hydrogen (secondary N) is 3. The summed E-state index contributed by atoms with van der Waals surface area (Å²) in [6.45, 7) is 1.77. The van der Waals surface area contributed by atoms with Gasteiger partial charge in [0.2, 0.25) is 5.91 Å². The number of anilines is 3. The molecular weight excluding hydrogens is 308 g/mol. The first-order chi connectivity index (χ1) is 10.6. The zero-order valence-corrected chi connectivity index (χ0v) is 12.4. The summed E-state index contributed by atoms with van der Waals surface area (Å²) in [5.41, 5.74) is 4.24. The van der Waals surface area contributed by atoms with Crippen molar-refractivity contribution < 1.29 is 15.2 Å². The molecule has 1 aromatic heterocycles. The second kappa shape index (κ2) is 7.54. The molecule has 0 aliphatic rings. The quantitative estimate of drug-likeness (QED) is 0.506. The Morgan fingerprint density at radius 1 is 1.18 bits per heavy atom. The zero-order valence-electron chi connectivity index (χ0n) is 11.6. The van der Waals surface area contributed by atoms with Crippen LogP contribution >= 0.6 is 11.8 Å². The Morgan fingerprint density at radius 3 is 2.45 bits per heavy atom. The van der Waals surface area contributed by atoms with Crippen molar-refractivity contribution in [2.75, 3.05) is 16.3 Å². The van der Waals surface area contributed by atoms with E-state index in [1.54, 1.807) is 36.1 Å². The van der Waals surface area contributed by atoms with Crippen LogP contribution in [0, 0.1) is 0 Å². The molecule has 116 valence electrons. The molecule has 5 N–H and O–H groups in total. The first kappa shape index (κ1) is 15.9. The Balaban J connectivity index is 2.20. The van der Waals surface area contributed by atoms with Gasteiger partial charge in [-0.05, 0) is 30.0 Å². The molecule has 2 rings (SSSR count). The number of carbonyl (C=O) groups is 1. The van der Waals surface area contributed by atoms with Gasteiger partial charge in [-0.2, -0.15) is 15.0 Å². The van der Waals surface area contributed by atoms with Crippen molar-refractivity contribution in [1.29, 1.82) is 0 Å². The average molecular weight is 322 g/mol. The molecule has 1 aromatic carbocycles. The minimum atomic E-state index is -0.107. The minimum Gasteiger partial charge on any atom is -0.326 e. The number of hydrogen-bond donors (Lipinski definition) is 5. The smallest absolute Gasteiger partial charge is 0.252 e. The van der Waals surface area contributed by atoms with Gasteiger partial charge in [-0.15, -0.1) is 0 Å². The monoisotopic (exact) mass is 322 g/mol. The topological polar surface area (TPSA) is 132 Å². The zero-order chi connectivity index (χ0) is 15.9. The van der Waals surface area contributed by atoms with Crippen LogP contribution in [0.2, 0.25) is 0 Å². The number of nitrogens with zero attached hydrogens (tertiary/aromatic N) is 3. The average Bonchev–Trinajstić information content (AvgIpc) is 2.54. The van der Waals surface area contributed by atoms with Crippen molar-refractivity contribution in [2.24, 2.45) is 0 Å². The number of aromatic nitrogens is 3. The molecule has 0 fully saturated rings. The molecule has 0 atom stereocenters. The molecule has 0 spiro atoms.